The average molecular weight is 443 g/mol. The van der Waals surface area contributed by atoms with E-state index in [0.29, 0.717) is 51.7 Å². The van der Waals surface area contributed by atoms with E-state index in [4.69, 9.17) is 44.3 Å². The second kappa shape index (κ2) is 9.52. The molecule has 0 radical (unpaired) electrons. The van der Waals surface area contributed by atoms with E-state index in [9.17, 15) is 9.90 Å². The van der Waals surface area contributed by atoms with E-state index in [1.165, 1.54) is 6.07 Å². The highest BCUT2D eigenvalue weighted by atomic mass is 35.5. The van der Waals surface area contributed by atoms with Gasteiger partial charge in [0.15, 0.2) is 0 Å². The molecule has 0 aromatic heterocycles. The molecule has 2 aromatic rings. The molecule has 148 valence electrons. The molecule has 0 saturated heterocycles. The third-order valence-corrected chi connectivity index (χ3v) is 5.28. The SMILES string of the molecule is O=C(O)C1=C(c2ccc(OCCOc3cc(Cl)c(Cl)cc3Cl)cc2)CCNC1. The lowest BCUT2D eigenvalue weighted by molar-refractivity contribution is -0.132. The fraction of sp³-hybridized carbons (Fsp3) is 0.250. The Morgan fingerprint density at radius 2 is 1.68 bits per heavy atom. The zero-order valence-corrected chi connectivity index (χ0v) is 17.1. The van der Waals surface area contributed by atoms with Gasteiger partial charge in [0, 0.05) is 12.6 Å². The van der Waals surface area contributed by atoms with E-state index in [0.717, 1.165) is 17.7 Å². The maximum atomic E-state index is 11.4. The van der Waals surface area contributed by atoms with Crippen molar-refractivity contribution in [1.82, 2.24) is 5.32 Å². The highest BCUT2D eigenvalue weighted by Crippen LogP contribution is 2.33. The molecule has 2 N–H and O–H groups in total. The first-order chi connectivity index (χ1) is 13.5. The van der Waals surface area contributed by atoms with Crippen molar-refractivity contribution in [2.75, 3.05) is 26.3 Å². The van der Waals surface area contributed by atoms with E-state index in [2.05, 4.69) is 5.32 Å². The standard InChI is InChI=1S/C20H18Cl3NO4/c21-16-9-18(23)19(10-17(16)22)28-8-7-27-13-3-1-12(2-4-13)14-5-6-24-11-15(14)20(25)26/h1-4,9-10,24H,5-8,11H2,(H,25,26). The molecule has 0 spiro atoms. The first-order valence-electron chi connectivity index (χ1n) is 8.62. The van der Waals surface area contributed by atoms with Crippen molar-refractivity contribution in [3.8, 4) is 11.5 Å². The number of nitrogens with one attached hydrogen (secondary N) is 1. The van der Waals surface area contributed by atoms with Crippen LogP contribution in [0.15, 0.2) is 42.0 Å². The van der Waals surface area contributed by atoms with Crippen molar-refractivity contribution < 1.29 is 19.4 Å². The molecule has 28 heavy (non-hydrogen) atoms. The largest absolute Gasteiger partial charge is 0.490 e. The number of rotatable bonds is 7. The molecule has 0 unspecified atom stereocenters. The second-order valence-electron chi connectivity index (χ2n) is 6.11. The number of aliphatic carboxylic acids is 1. The van der Waals surface area contributed by atoms with Gasteiger partial charge in [0.25, 0.3) is 0 Å². The van der Waals surface area contributed by atoms with Crippen LogP contribution < -0.4 is 14.8 Å². The van der Waals surface area contributed by atoms with Crippen molar-refractivity contribution in [3.63, 3.8) is 0 Å². The van der Waals surface area contributed by atoms with Gasteiger partial charge in [-0.3, -0.25) is 0 Å². The van der Waals surface area contributed by atoms with E-state index >= 15 is 0 Å². The highest BCUT2D eigenvalue weighted by Gasteiger charge is 2.19. The van der Waals surface area contributed by atoms with Crippen LogP contribution in [0.25, 0.3) is 5.57 Å². The summed E-state index contributed by atoms with van der Waals surface area (Å²) in [6, 6.07) is 10.5. The fourth-order valence-electron chi connectivity index (χ4n) is 2.89. The van der Waals surface area contributed by atoms with Crippen LogP contribution in [0.3, 0.4) is 0 Å². The quantitative estimate of drug-likeness (QED) is 0.470. The number of hydrogen-bond acceptors (Lipinski definition) is 4. The van der Waals surface area contributed by atoms with Crippen LogP contribution in [0.2, 0.25) is 15.1 Å². The molecule has 8 heteroatoms. The van der Waals surface area contributed by atoms with E-state index in [-0.39, 0.29) is 6.61 Å². The third-order valence-electron chi connectivity index (χ3n) is 4.26. The zero-order valence-electron chi connectivity index (χ0n) is 14.8. The third kappa shape index (κ3) is 5.11. The number of benzene rings is 2. The monoisotopic (exact) mass is 441 g/mol. The van der Waals surface area contributed by atoms with Gasteiger partial charge in [0.05, 0.1) is 20.6 Å². The lowest BCUT2D eigenvalue weighted by atomic mass is 9.94. The summed E-state index contributed by atoms with van der Waals surface area (Å²) in [5.41, 5.74) is 2.16. The van der Waals surface area contributed by atoms with E-state index < -0.39 is 5.97 Å². The Kier molecular flexibility index (Phi) is 7.08. The van der Waals surface area contributed by atoms with Gasteiger partial charge in [0.1, 0.15) is 24.7 Å². The second-order valence-corrected chi connectivity index (χ2v) is 7.33. The van der Waals surface area contributed by atoms with Crippen molar-refractivity contribution in [2.45, 2.75) is 6.42 Å². The van der Waals surface area contributed by atoms with E-state index in [1.54, 1.807) is 6.07 Å². The van der Waals surface area contributed by atoms with Gasteiger partial charge in [-0.15, -0.1) is 0 Å². The van der Waals surface area contributed by atoms with Crippen molar-refractivity contribution in [1.29, 1.82) is 0 Å². The van der Waals surface area contributed by atoms with Crippen LogP contribution >= 0.6 is 34.8 Å². The predicted molar refractivity (Wildman–Crippen MR) is 111 cm³/mol. The minimum atomic E-state index is -0.888. The Morgan fingerprint density at radius 1 is 1.00 bits per heavy atom. The topological polar surface area (TPSA) is 67.8 Å². The van der Waals surface area contributed by atoms with Gasteiger partial charge in [-0.25, -0.2) is 4.79 Å². The maximum absolute atomic E-state index is 11.4. The van der Waals surface area contributed by atoms with Crippen LogP contribution in [-0.2, 0) is 4.79 Å². The summed E-state index contributed by atoms with van der Waals surface area (Å²) in [4.78, 5) is 11.4. The van der Waals surface area contributed by atoms with E-state index in [1.807, 2.05) is 24.3 Å². The zero-order chi connectivity index (χ0) is 20.1. The number of carboxylic acids is 1. The van der Waals surface area contributed by atoms with Crippen LogP contribution in [0.4, 0.5) is 0 Å². The summed E-state index contributed by atoms with van der Waals surface area (Å²) in [6.45, 7) is 1.72. The molecule has 1 heterocycles. The number of halogens is 3. The van der Waals surface area contributed by atoms with Gasteiger partial charge in [-0.2, -0.15) is 0 Å². The molecule has 0 bridgehead atoms. The Hall–Kier alpha value is -1.92. The van der Waals surface area contributed by atoms with Gasteiger partial charge in [-0.1, -0.05) is 46.9 Å². The lowest BCUT2D eigenvalue weighted by Crippen LogP contribution is -2.28. The molecule has 0 saturated carbocycles. The normalized spacial score (nSPS) is 14.1. The number of hydrogen-bond donors (Lipinski definition) is 2. The maximum Gasteiger partial charge on any atom is 0.333 e. The molecule has 1 aliphatic rings. The van der Waals surface area contributed by atoms with Crippen LogP contribution in [0, 0.1) is 0 Å². The Labute approximate surface area is 177 Å². The van der Waals surface area contributed by atoms with Crippen molar-refractivity contribution in [2.24, 2.45) is 0 Å². The molecule has 0 amide bonds. The van der Waals surface area contributed by atoms with Crippen LogP contribution in [0.1, 0.15) is 12.0 Å². The molecule has 1 aliphatic heterocycles. The fourth-order valence-corrected chi connectivity index (χ4v) is 3.48. The van der Waals surface area contributed by atoms with Crippen molar-refractivity contribution in [3.05, 3.63) is 62.6 Å². The molecule has 0 aliphatic carbocycles. The average Bonchev–Trinajstić information content (AvgIpc) is 2.69. The smallest absolute Gasteiger partial charge is 0.333 e. The van der Waals surface area contributed by atoms with Crippen LogP contribution in [0.5, 0.6) is 11.5 Å². The molecule has 0 fully saturated rings. The highest BCUT2D eigenvalue weighted by molar-refractivity contribution is 6.43. The van der Waals surface area contributed by atoms with Crippen molar-refractivity contribution >= 4 is 46.3 Å². The Balaban J connectivity index is 1.57. The minimum Gasteiger partial charge on any atom is -0.490 e. The summed E-state index contributed by atoms with van der Waals surface area (Å²) in [5.74, 6) is 0.216. The molecule has 5 nitrogen and oxygen atoms in total. The number of carbonyl (C=O) groups is 1. The molecular weight excluding hydrogens is 425 g/mol. The summed E-state index contributed by atoms with van der Waals surface area (Å²) in [6.07, 6.45) is 0.681. The molecular formula is C20H18Cl3NO4. The first kappa shape index (κ1) is 20.8. The van der Waals surface area contributed by atoms with Crippen LogP contribution in [-0.4, -0.2) is 37.4 Å². The number of carboxylic acid groups (broad SMARTS) is 1. The number of ether oxygens (including phenoxy) is 2. The summed E-state index contributed by atoms with van der Waals surface area (Å²) in [7, 11) is 0. The van der Waals surface area contributed by atoms with Gasteiger partial charge < -0.3 is 19.9 Å². The first-order valence-corrected chi connectivity index (χ1v) is 9.75. The molecule has 3 rings (SSSR count). The molecule has 2 aromatic carbocycles. The van der Waals surface area contributed by atoms with Gasteiger partial charge in [0.2, 0.25) is 0 Å². The molecule has 0 atom stereocenters. The lowest BCUT2D eigenvalue weighted by Gasteiger charge is -2.19. The summed E-state index contributed by atoms with van der Waals surface area (Å²) in [5, 5.41) is 13.5. The summed E-state index contributed by atoms with van der Waals surface area (Å²) < 4.78 is 11.2. The Morgan fingerprint density at radius 3 is 2.39 bits per heavy atom. The minimum absolute atomic E-state index is 0.277. The van der Waals surface area contributed by atoms with Gasteiger partial charge >= 0.3 is 5.97 Å². The Bertz CT molecular complexity index is 897. The predicted octanol–water partition coefficient (Wildman–Crippen LogP) is 4.94. The summed E-state index contributed by atoms with van der Waals surface area (Å²) >= 11 is 17.9. The van der Waals surface area contributed by atoms with Gasteiger partial charge in [-0.05, 0) is 42.3 Å².